The van der Waals surface area contributed by atoms with Crippen molar-refractivity contribution in [3.8, 4) is 0 Å². The molecule has 1 saturated carbocycles. The average molecular weight is 279 g/mol. The lowest BCUT2D eigenvalue weighted by Gasteiger charge is -2.27. The van der Waals surface area contributed by atoms with Gasteiger partial charge in [-0.1, -0.05) is 31.9 Å². The van der Waals surface area contributed by atoms with Crippen LogP contribution in [0.2, 0.25) is 0 Å². The normalized spacial score (nSPS) is 25.2. The molecule has 0 amide bonds. The van der Waals surface area contributed by atoms with Crippen LogP contribution in [0.4, 0.5) is 0 Å². The second kappa shape index (κ2) is 7.32. The molecule has 3 heteroatoms. The van der Waals surface area contributed by atoms with Crippen molar-refractivity contribution >= 4 is 11.8 Å². The number of hydrogen-bond donors (Lipinski definition) is 2. The van der Waals surface area contributed by atoms with Crippen LogP contribution in [-0.2, 0) is 0 Å². The molecule has 2 rings (SSSR count). The Labute approximate surface area is 121 Å². The van der Waals surface area contributed by atoms with E-state index in [9.17, 15) is 5.11 Å². The third-order valence-corrected chi connectivity index (χ3v) is 5.20. The number of thioether (sulfide) groups is 1. The second-order valence-electron chi connectivity index (χ2n) is 5.36. The van der Waals surface area contributed by atoms with Gasteiger partial charge in [-0.15, -0.1) is 11.8 Å². The Morgan fingerprint density at radius 3 is 2.89 bits per heavy atom. The molecule has 0 spiro atoms. The van der Waals surface area contributed by atoms with Gasteiger partial charge in [0, 0.05) is 16.2 Å². The molecule has 1 aromatic carbocycles. The molecular formula is C16H25NOS. The molecule has 1 fully saturated rings. The zero-order valence-electron chi connectivity index (χ0n) is 11.9. The molecule has 2 N–H and O–H groups in total. The Hall–Kier alpha value is -0.510. The number of benzene rings is 1. The number of aliphatic hydroxyl groups excluding tert-OH is 1. The van der Waals surface area contributed by atoms with Gasteiger partial charge in [-0.25, -0.2) is 0 Å². The van der Waals surface area contributed by atoms with E-state index >= 15 is 0 Å². The van der Waals surface area contributed by atoms with Crippen LogP contribution in [0.25, 0.3) is 0 Å². The standard InChI is InChI=1S/C16H25NOS/c1-3-17-12(2)13-7-6-8-14(11-13)19-16-10-5-4-9-15(16)18/h6-8,11-12,15-18H,3-5,9-10H2,1-2H3. The molecule has 1 aliphatic rings. The molecule has 0 radical (unpaired) electrons. The Morgan fingerprint density at radius 1 is 1.37 bits per heavy atom. The van der Waals surface area contributed by atoms with E-state index in [1.807, 2.05) is 11.8 Å². The fraction of sp³-hybridized carbons (Fsp3) is 0.625. The molecule has 3 unspecified atom stereocenters. The average Bonchev–Trinajstić information content (AvgIpc) is 2.42. The first-order valence-corrected chi connectivity index (χ1v) is 8.26. The molecule has 19 heavy (non-hydrogen) atoms. The molecule has 0 saturated heterocycles. The van der Waals surface area contributed by atoms with Gasteiger partial charge in [-0.3, -0.25) is 0 Å². The first kappa shape index (κ1) is 14.9. The Balaban J connectivity index is 2.02. The molecule has 3 atom stereocenters. The lowest BCUT2D eigenvalue weighted by Crippen LogP contribution is -2.26. The minimum Gasteiger partial charge on any atom is -0.392 e. The van der Waals surface area contributed by atoms with E-state index < -0.39 is 0 Å². The molecule has 1 aromatic rings. The lowest BCUT2D eigenvalue weighted by molar-refractivity contribution is 0.137. The van der Waals surface area contributed by atoms with Crippen LogP contribution in [0.5, 0.6) is 0 Å². The first-order valence-electron chi connectivity index (χ1n) is 7.38. The number of nitrogens with one attached hydrogen (secondary N) is 1. The summed E-state index contributed by atoms with van der Waals surface area (Å²) in [5.41, 5.74) is 1.33. The van der Waals surface area contributed by atoms with Crippen molar-refractivity contribution in [2.75, 3.05) is 6.54 Å². The minimum atomic E-state index is -0.131. The maximum Gasteiger partial charge on any atom is 0.0662 e. The van der Waals surface area contributed by atoms with E-state index in [1.165, 1.54) is 23.3 Å². The van der Waals surface area contributed by atoms with E-state index in [0.29, 0.717) is 11.3 Å². The molecule has 106 valence electrons. The number of rotatable bonds is 5. The van der Waals surface area contributed by atoms with Gasteiger partial charge in [0.1, 0.15) is 0 Å². The summed E-state index contributed by atoms with van der Waals surface area (Å²) >= 11 is 1.84. The van der Waals surface area contributed by atoms with Crippen LogP contribution in [-0.4, -0.2) is 23.0 Å². The van der Waals surface area contributed by atoms with Gasteiger partial charge >= 0.3 is 0 Å². The first-order chi connectivity index (χ1) is 9.20. The zero-order chi connectivity index (χ0) is 13.7. The molecule has 0 bridgehead atoms. The largest absolute Gasteiger partial charge is 0.392 e. The quantitative estimate of drug-likeness (QED) is 0.861. The highest BCUT2D eigenvalue weighted by atomic mass is 32.2. The predicted octanol–water partition coefficient (Wildman–Crippen LogP) is 3.75. The zero-order valence-corrected chi connectivity index (χ0v) is 12.7. The van der Waals surface area contributed by atoms with Gasteiger partial charge in [-0.2, -0.15) is 0 Å². The van der Waals surface area contributed by atoms with Gasteiger partial charge in [-0.05, 0) is 44.0 Å². The van der Waals surface area contributed by atoms with Crippen LogP contribution in [0, 0.1) is 0 Å². The minimum absolute atomic E-state index is 0.131. The van der Waals surface area contributed by atoms with E-state index in [0.717, 1.165) is 19.4 Å². The third-order valence-electron chi connectivity index (χ3n) is 3.82. The van der Waals surface area contributed by atoms with Gasteiger partial charge < -0.3 is 10.4 Å². The van der Waals surface area contributed by atoms with Gasteiger partial charge in [0.05, 0.1) is 6.10 Å². The van der Waals surface area contributed by atoms with Crippen molar-refractivity contribution in [3.05, 3.63) is 29.8 Å². The highest BCUT2D eigenvalue weighted by molar-refractivity contribution is 8.00. The maximum atomic E-state index is 10.1. The van der Waals surface area contributed by atoms with Crippen LogP contribution in [0.1, 0.15) is 51.1 Å². The van der Waals surface area contributed by atoms with Crippen LogP contribution in [0.15, 0.2) is 29.2 Å². The molecular weight excluding hydrogens is 254 g/mol. The van der Waals surface area contributed by atoms with Gasteiger partial charge in [0.15, 0.2) is 0 Å². The fourth-order valence-corrected chi connectivity index (χ4v) is 3.96. The Kier molecular flexibility index (Phi) is 5.74. The molecule has 2 nitrogen and oxygen atoms in total. The fourth-order valence-electron chi connectivity index (χ4n) is 2.67. The van der Waals surface area contributed by atoms with Crippen LogP contribution < -0.4 is 5.32 Å². The van der Waals surface area contributed by atoms with E-state index in [2.05, 4.69) is 43.4 Å². The SMILES string of the molecule is CCNC(C)c1cccc(SC2CCCCC2O)c1. The highest BCUT2D eigenvalue weighted by Crippen LogP contribution is 2.34. The van der Waals surface area contributed by atoms with Crippen molar-refractivity contribution in [2.24, 2.45) is 0 Å². The van der Waals surface area contributed by atoms with Crippen LogP contribution >= 0.6 is 11.8 Å². The molecule has 0 aromatic heterocycles. The Bertz CT molecular complexity index is 396. The van der Waals surface area contributed by atoms with E-state index in [-0.39, 0.29) is 6.10 Å². The molecule has 0 heterocycles. The van der Waals surface area contributed by atoms with Gasteiger partial charge in [0.25, 0.3) is 0 Å². The summed E-state index contributed by atoms with van der Waals surface area (Å²) in [5.74, 6) is 0. The monoisotopic (exact) mass is 279 g/mol. The number of hydrogen-bond acceptors (Lipinski definition) is 3. The summed E-state index contributed by atoms with van der Waals surface area (Å²) in [7, 11) is 0. The second-order valence-corrected chi connectivity index (χ2v) is 6.67. The summed E-state index contributed by atoms with van der Waals surface area (Å²) in [6, 6.07) is 9.12. The number of aliphatic hydroxyl groups is 1. The maximum absolute atomic E-state index is 10.1. The van der Waals surface area contributed by atoms with E-state index in [4.69, 9.17) is 0 Å². The van der Waals surface area contributed by atoms with Crippen molar-refractivity contribution in [1.29, 1.82) is 0 Å². The van der Waals surface area contributed by atoms with Crippen molar-refractivity contribution in [2.45, 2.75) is 61.8 Å². The van der Waals surface area contributed by atoms with E-state index in [1.54, 1.807) is 0 Å². The molecule has 1 aliphatic carbocycles. The van der Waals surface area contributed by atoms with Crippen molar-refractivity contribution in [1.82, 2.24) is 5.32 Å². The topological polar surface area (TPSA) is 32.3 Å². The Morgan fingerprint density at radius 2 is 2.16 bits per heavy atom. The third kappa shape index (κ3) is 4.23. The predicted molar refractivity (Wildman–Crippen MR) is 82.7 cm³/mol. The smallest absolute Gasteiger partial charge is 0.0662 e. The van der Waals surface area contributed by atoms with Crippen LogP contribution in [0.3, 0.4) is 0 Å². The summed E-state index contributed by atoms with van der Waals surface area (Å²) in [5, 5.41) is 13.9. The summed E-state index contributed by atoms with van der Waals surface area (Å²) in [4.78, 5) is 1.29. The summed E-state index contributed by atoms with van der Waals surface area (Å²) in [6.45, 7) is 5.32. The van der Waals surface area contributed by atoms with Gasteiger partial charge in [0.2, 0.25) is 0 Å². The highest BCUT2D eigenvalue weighted by Gasteiger charge is 2.23. The lowest BCUT2D eigenvalue weighted by atomic mass is 9.97. The summed E-state index contributed by atoms with van der Waals surface area (Å²) < 4.78 is 0. The molecule has 0 aliphatic heterocycles. The van der Waals surface area contributed by atoms with Crippen molar-refractivity contribution in [3.63, 3.8) is 0 Å². The summed E-state index contributed by atoms with van der Waals surface area (Å²) in [6.07, 6.45) is 4.40. The van der Waals surface area contributed by atoms with Crippen molar-refractivity contribution < 1.29 is 5.11 Å².